The number of hydrazine groups is 1. The molecule has 264 valence electrons. The zero-order valence-electron chi connectivity index (χ0n) is 29.3. The van der Waals surface area contributed by atoms with Gasteiger partial charge in [-0.2, -0.15) is 4.90 Å². The predicted octanol–water partition coefficient (Wildman–Crippen LogP) is 8.71. The number of benzene rings is 2. The second-order valence-electron chi connectivity index (χ2n) is 14.8. The number of imide groups is 1. The van der Waals surface area contributed by atoms with Crippen LogP contribution in [0.15, 0.2) is 41.3 Å². The van der Waals surface area contributed by atoms with Gasteiger partial charge in [0.05, 0.1) is 27.0 Å². The summed E-state index contributed by atoms with van der Waals surface area (Å²) in [6.45, 7) is 17.6. The normalized spacial score (nSPS) is 15.7. The third kappa shape index (κ3) is 8.33. The van der Waals surface area contributed by atoms with E-state index in [4.69, 9.17) is 25.8 Å². The minimum Gasteiger partial charge on any atom is -0.444 e. The van der Waals surface area contributed by atoms with E-state index in [9.17, 15) is 14.4 Å². The van der Waals surface area contributed by atoms with Crippen LogP contribution in [0.25, 0.3) is 22.0 Å². The molecule has 0 N–H and O–H groups in total. The molecule has 3 amide bonds. The van der Waals surface area contributed by atoms with E-state index in [0.717, 1.165) is 4.90 Å². The van der Waals surface area contributed by atoms with Gasteiger partial charge in [-0.25, -0.2) is 28.8 Å². The summed E-state index contributed by atoms with van der Waals surface area (Å²) in [6.07, 6.45) is -2.34. The van der Waals surface area contributed by atoms with E-state index in [1.807, 2.05) is 25.8 Å². The number of halogens is 2. The van der Waals surface area contributed by atoms with Gasteiger partial charge in [0.2, 0.25) is 0 Å². The number of ether oxygens (including phenoxy) is 3. The highest BCUT2D eigenvalue weighted by Crippen LogP contribution is 2.49. The summed E-state index contributed by atoms with van der Waals surface area (Å²) in [5.74, 6) is -0.192. The van der Waals surface area contributed by atoms with Crippen molar-refractivity contribution in [3.05, 3.63) is 47.2 Å². The Kier molecular flexibility index (Phi) is 10.0. The molecule has 2 aliphatic heterocycles. The smallest absolute Gasteiger partial charge is 0.425 e. The number of hydrogen-bond acceptors (Lipinski definition) is 10. The molecule has 5 rings (SSSR count). The van der Waals surface area contributed by atoms with Gasteiger partial charge in [-0.1, -0.05) is 41.6 Å². The maximum Gasteiger partial charge on any atom is 0.425 e. The Morgan fingerprint density at radius 3 is 2.00 bits per heavy atom. The van der Waals surface area contributed by atoms with E-state index in [1.165, 1.54) is 17.8 Å². The van der Waals surface area contributed by atoms with E-state index < -0.39 is 34.8 Å². The molecule has 14 heteroatoms. The summed E-state index contributed by atoms with van der Waals surface area (Å²) in [4.78, 5) is 47.0. The minimum absolute atomic E-state index is 0.106. The molecule has 2 aliphatic rings. The van der Waals surface area contributed by atoms with Crippen molar-refractivity contribution in [3.63, 3.8) is 0 Å². The van der Waals surface area contributed by atoms with Crippen LogP contribution in [0, 0.1) is 5.82 Å². The molecule has 1 fully saturated rings. The largest absolute Gasteiger partial charge is 0.444 e. The van der Waals surface area contributed by atoms with Gasteiger partial charge in [0.25, 0.3) is 0 Å². The third-order valence-corrected chi connectivity index (χ3v) is 8.71. The lowest BCUT2D eigenvalue weighted by Gasteiger charge is -2.40. The lowest BCUT2D eigenvalue weighted by Crippen LogP contribution is -2.55. The Bertz CT molecular complexity index is 1750. The lowest BCUT2D eigenvalue weighted by molar-refractivity contribution is 0.0138. The second-order valence-corrected chi connectivity index (χ2v) is 16.2. The maximum absolute atomic E-state index is 16.8. The number of amides is 3. The zero-order valence-corrected chi connectivity index (χ0v) is 30.9. The monoisotopic (exact) mass is 715 g/mol. The standard InChI is InChI=1S/C35H43ClFN5O6S/c1-33(2,3)46-30(43)39-14-16-40(17-15-39)41-20-49-29-25(41)19-23(36)27(28(29)37)22-18-26(38-24-13-11-10-12-21(22)24)42(31(44)47-34(4,5)6)32(45)48-35(7,8)9/h10-13,18-19H,14-17,20H2,1-9H3. The molecule has 0 aliphatic carbocycles. The number of para-hydroxylation sites is 1. The minimum atomic E-state index is -0.992. The summed E-state index contributed by atoms with van der Waals surface area (Å²) < 4.78 is 33.4. The number of aromatic nitrogens is 1. The Morgan fingerprint density at radius 2 is 1.43 bits per heavy atom. The van der Waals surface area contributed by atoms with Crippen molar-refractivity contribution in [2.75, 3.05) is 42.0 Å². The van der Waals surface area contributed by atoms with Gasteiger partial charge >= 0.3 is 18.3 Å². The highest BCUT2D eigenvalue weighted by atomic mass is 35.5. The Labute approximate surface area is 295 Å². The average molecular weight is 716 g/mol. The molecule has 0 atom stereocenters. The van der Waals surface area contributed by atoms with Crippen molar-refractivity contribution >= 4 is 64.1 Å². The van der Waals surface area contributed by atoms with Crippen LogP contribution in [0.5, 0.6) is 0 Å². The number of thioether (sulfide) groups is 1. The number of fused-ring (bicyclic) bond motifs is 2. The van der Waals surface area contributed by atoms with E-state index >= 15 is 4.39 Å². The van der Waals surface area contributed by atoms with Gasteiger partial charge < -0.3 is 19.1 Å². The summed E-state index contributed by atoms with van der Waals surface area (Å²) in [7, 11) is 0. The van der Waals surface area contributed by atoms with E-state index in [1.54, 1.807) is 76.8 Å². The van der Waals surface area contributed by atoms with Crippen molar-refractivity contribution in [2.24, 2.45) is 0 Å². The number of anilines is 2. The molecular weight excluding hydrogens is 673 g/mol. The van der Waals surface area contributed by atoms with E-state index in [2.05, 4.69) is 9.99 Å². The van der Waals surface area contributed by atoms with Crippen LogP contribution in [0.4, 0.5) is 30.3 Å². The Morgan fingerprint density at radius 1 is 0.857 bits per heavy atom. The molecule has 0 saturated carbocycles. The van der Waals surface area contributed by atoms with E-state index in [-0.39, 0.29) is 22.5 Å². The topological polar surface area (TPSA) is 105 Å². The lowest BCUT2D eigenvalue weighted by atomic mass is 9.99. The van der Waals surface area contributed by atoms with Crippen molar-refractivity contribution in [3.8, 4) is 11.1 Å². The van der Waals surface area contributed by atoms with Gasteiger partial charge in [-0.05, 0) is 86.1 Å². The van der Waals surface area contributed by atoms with Crippen LogP contribution in [0.3, 0.4) is 0 Å². The molecule has 0 radical (unpaired) electrons. The first-order valence-corrected chi connectivity index (χ1v) is 17.4. The highest BCUT2D eigenvalue weighted by Gasteiger charge is 2.37. The summed E-state index contributed by atoms with van der Waals surface area (Å²) in [5, 5.41) is 4.76. The van der Waals surface area contributed by atoms with Crippen LogP contribution >= 0.6 is 23.4 Å². The van der Waals surface area contributed by atoms with Crippen molar-refractivity contribution in [2.45, 2.75) is 84.0 Å². The van der Waals surface area contributed by atoms with Crippen molar-refractivity contribution < 1.29 is 33.0 Å². The highest BCUT2D eigenvalue weighted by molar-refractivity contribution is 7.99. The molecule has 0 unspecified atom stereocenters. The number of piperazine rings is 1. The molecule has 1 aromatic heterocycles. The maximum atomic E-state index is 16.8. The third-order valence-electron chi connectivity index (χ3n) is 7.37. The fourth-order valence-electron chi connectivity index (χ4n) is 5.40. The summed E-state index contributed by atoms with van der Waals surface area (Å²) in [5.41, 5.74) is -0.985. The molecule has 11 nitrogen and oxygen atoms in total. The first-order chi connectivity index (χ1) is 22.7. The van der Waals surface area contributed by atoms with Crippen molar-refractivity contribution in [1.29, 1.82) is 0 Å². The van der Waals surface area contributed by atoms with Crippen LogP contribution in [-0.2, 0) is 14.2 Å². The fourth-order valence-corrected chi connectivity index (χ4v) is 6.78. The van der Waals surface area contributed by atoms with Gasteiger partial charge in [0, 0.05) is 37.1 Å². The quantitative estimate of drug-likeness (QED) is 0.245. The van der Waals surface area contributed by atoms with Gasteiger partial charge in [-0.3, -0.25) is 5.01 Å². The SMILES string of the molecule is CC(C)(C)OC(=O)N1CCN(N2CSc3c2cc(Cl)c(-c2cc(N(C(=O)OC(C)(C)C)C(=O)OC(C)(C)C)nc4ccccc24)c3F)CC1. The van der Waals surface area contributed by atoms with Crippen molar-refractivity contribution in [1.82, 2.24) is 14.9 Å². The second kappa shape index (κ2) is 13.5. The molecule has 2 aromatic carbocycles. The van der Waals surface area contributed by atoms with Gasteiger partial charge in [0.1, 0.15) is 28.4 Å². The molecule has 0 bridgehead atoms. The number of rotatable bonds is 3. The van der Waals surface area contributed by atoms with Crippen LogP contribution in [0.2, 0.25) is 5.02 Å². The number of carbonyl (C=O) groups is 3. The van der Waals surface area contributed by atoms with Gasteiger partial charge in [0.15, 0.2) is 0 Å². The molecular formula is C35H43ClFN5O6S. The zero-order chi connectivity index (χ0) is 36.1. The van der Waals surface area contributed by atoms with Crippen LogP contribution in [0.1, 0.15) is 62.3 Å². The summed E-state index contributed by atoms with van der Waals surface area (Å²) in [6, 6.07) is 10.2. The number of pyridine rings is 1. The van der Waals surface area contributed by atoms with Gasteiger partial charge in [-0.15, -0.1) is 0 Å². The number of carbonyl (C=O) groups excluding carboxylic acids is 3. The first kappa shape index (κ1) is 36.5. The Hall–Kier alpha value is -3.81. The number of nitrogens with zero attached hydrogens (tertiary/aromatic N) is 5. The average Bonchev–Trinajstić information content (AvgIpc) is 3.38. The van der Waals surface area contributed by atoms with E-state index in [0.29, 0.717) is 59.1 Å². The molecule has 3 aromatic rings. The summed E-state index contributed by atoms with van der Waals surface area (Å²) >= 11 is 8.27. The molecule has 49 heavy (non-hydrogen) atoms. The predicted molar refractivity (Wildman–Crippen MR) is 190 cm³/mol. The fraction of sp³-hybridized carbons (Fsp3) is 0.486. The first-order valence-electron chi connectivity index (χ1n) is 16.0. The Balaban J connectivity index is 1.53. The molecule has 3 heterocycles. The number of hydrogen-bond donors (Lipinski definition) is 0. The van der Waals surface area contributed by atoms with Crippen LogP contribution < -0.4 is 9.91 Å². The molecule has 0 spiro atoms. The molecule has 1 saturated heterocycles. The van der Waals surface area contributed by atoms with Crippen LogP contribution in [-0.4, -0.2) is 82.0 Å².